The van der Waals surface area contributed by atoms with Crippen LogP contribution in [-0.2, 0) is 20.0 Å². The molecule has 2 heterocycles. The number of aromatic nitrogens is 2. The maximum absolute atomic E-state index is 14.0. The van der Waals surface area contributed by atoms with Crippen LogP contribution in [0.5, 0.6) is 0 Å². The van der Waals surface area contributed by atoms with Crippen molar-refractivity contribution in [2.75, 3.05) is 26.7 Å². The predicted octanol–water partition coefficient (Wildman–Crippen LogP) is 3.57. The van der Waals surface area contributed by atoms with Crippen molar-refractivity contribution in [3.05, 3.63) is 58.3 Å². The average molecular weight is 528 g/mol. The summed E-state index contributed by atoms with van der Waals surface area (Å²) in [6.45, 7) is 6.46. The molecule has 0 radical (unpaired) electrons. The highest BCUT2D eigenvalue weighted by atomic mass is 19.2. The van der Waals surface area contributed by atoms with Gasteiger partial charge in [0.05, 0.1) is 5.69 Å². The van der Waals surface area contributed by atoms with E-state index in [0.717, 1.165) is 52.8 Å². The predicted molar refractivity (Wildman–Crippen MR) is 146 cm³/mol. The SMILES string of the molecule is CCN(CC1CCCC1)C1=Nc2c(c(C)nn2C)CC=C1CN(Cc1ccc(F)c(F)c1)/C(N)=N/N(C)N. The lowest BCUT2D eigenvalue weighted by molar-refractivity contribution is 0.342. The van der Waals surface area contributed by atoms with Crippen LogP contribution < -0.4 is 11.6 Å². The topological polar surface area (TPSA) is 104 Å². The molecule has 2 aliphatic rings. The molecule has 9 nitrogen and oxygen atoms in total. The van der Waals surface area contributed by atoms with E-state index in [0.29, 0.717) is 24.4 Å². The van der Waals surface area contributed by atoms with Gasteiger partial charge in [-0.1, -0.05) is 25.0 Å². The Kier molecular flexibility index (Phi) is 8.65. The molecule has 11 heteroatoms. The highest BCUT2D eigenvalue weighted by Crippen LogP contribution is 2.30. The van der Waals surface area contributed by atoms with Crippen LogP contribution in [0.4, 0.5) is 14.6 Å². The van der Waals surface area contributed by atoms with E-state index >= 15 is 0 Å². The third-order valence-corrected chi connectivity index (χ3v) is 7.30. The number of hydrazine groups is 1. The fraction of sp³-hybridized carbons (Fsp3) is 0.519. The number of nitrogens with zero attached hydrogens (tertiary/aromatic N) is 7. The van der Waals surface area contributed by atoms with Crippen molar-refractivity contribution in [3.63, 3.8) is 0 Å². The molecule has 0 atom stereocenters. The molecule has 0 spiro atoms. The van der Waals surface area contributed by atoms with Gasteiger partial charge >= 0.3 is 0 Å². The maximum atomic E-state index is 14.0. The quantitative estimate of drug-likeness (QED) is 0.235. The number of hydrazone groups is 1. The number of aryl methyl sites for hydroxylation is 2. The lowest BCUT2D eigenvalue weighted by Gasteiger charge is -2.32. The van der Waals surface area contributed by atoms with Gasteiger partial charge in [-0.05, 0) is 56.7 Å². The normalized spacial score (nSPS) is 16.1. The summed E-state index contributed by atoms with van der Waals surface area (Å²) in [4.78, 5) is 9.34. The molecule has 1 aliphatic carbocycles. The standard InChI is InChI=1S/C27H39F2N9/c1-5-37(15-19-8-6-7-9-19)25-21(11-12-22-18(2)33-35(3)26(22)32-25)17-38(27(30)34-36(4)31)16-20-10-13-23(28)24(29)14-20/h10-11,13-14,19H,5-9,12,15-17,31H2,1-4H3,(H2,30,34). The molecular formula is C27H39F2N9. The van der Waals surface area contributed by atoms with E-state index in [4.69, 9.17) is 16.6 Å². The lowest BCUT2D eigenvalue weighted by atomic mass is 10.1. The number of benzene rings is 1. The number of allylic oxidation sites excluding steroid dienone is 1. The van der Waals surface area contributed by atoms with Gasteiger partial charge in [-0.2, -0.15) is 5.10 Å². The van der Waals surface area contributed by atoms with E-state index in [2.05, 4.69) is 28.1 Å². The summed E-state index contributed by atoms with van der Waals surface area (Å²) in [6, 6.07) is 3.85. The Morgan fingerprint density at radius 2 is 1.92 bits per heavy atom. The van der Waals surface area contributed by atoms with Crippen LogP contribution in [0, 0.1) is 24.5 Å². The Hall–Kier alpha value is -3.47. The maximum Gasteiger partial charge on any atom is 0.216 e. The van der Waals surface area contributed by atoms with E-state index in [1.807, 2.05) is 23.6 Å². The van der Waals surface area contributed by atoms with Gasteiger partial charge in [-0.15, -0.1) is 5.10 Å². The number of fused-ring (bicyclic) bond motifs is 1. The van der Waals surface area contributed by atoms with Crippen LogP contribution in [0.2, 0.25) is 0 Å². The second-order valence-electron chi connectivity index (χ2n) is 10.2. The fourth-order valence-corrected chi connectivity index (χ4v) is 5.34. The Labute approximate surface area is 223 Å². The van der Waals surface area contributed by atoms with Crippen molar-refractivity contribution in [2.24, 2.45) is 34.6 Å². The molecule has 1 saturated carbocycles. The van der Waals surface area contributed by atoms with Crippen molar-refractivity contribution in [3.8, 4) is 0 Å². The molecule has 2 aromatic rings. The molecule has 1 aliphatic heterocycles. The average Bonchev–Trinajstić information content (AvgIpc) is 3.41. The van der Waals surface area contributed by atoms with Gasteiger partial charge in [0.2, 0.25) is 5.96 Å². The van der Waals surface area contributed by atoms with Gasteiger partial charge in [-0.25, -0.2) is 24.7 Å². The molecular weight excluding hydrogens is 488 g/mol. The van der Waals surface area contributed by atoms with Gasteiger partial charge in [-0.3, -0.25) is 4.68 Å². The number of amidine groups is 1. The number of nitrogens with two attached hydrogens (primary N) is 2. The third-order valence-electron chi connectivity index (χ3n) is 7.30. The van der Waals surface area contributed by atoms with Gasteiger partial charge in [0.25, 0.3) is 0 Å². The summed E-state index contributed by atoms with van der Waals surface area (Å²) in [5.41, 5.74) is 9.97. The highest BCUT2D eigenvalue weighted by molar-refractivity contribution is 6.01. The van der Waals surface area contributed by atoms with Gasteiger partial charge < -0.3 is 15.5 Å². The first-order valence-electron chi connectivity index (χ1n) is 13.2. The van der Waals surface area contributed by atoms with Crippen molar-refractivity contribution in [1.82, 2.24) is 24.7 Å². The molecule has 1 aromatic heterocycles. The minimum Gasteiger partial charge on any atom is -0.368 e. The number of rotatable bonds is 8. The van der Waals surface area contributed by atoms with Crippen LogP contribution in [-0.4, -0.2) is 63.2 Å². The Balaban J connectivity index is 1.72. The summed E-state index contributed by atoms with van der Waals surface area (Å²) in [5, 5.41) is 9.94. The summed E-state index contributed by atoms with van der Waals surface area (Å²) in [7, 11) is 3.50. The third kappa shape index (κ3) is 6.32. The first-order valence-corrected chi connectivity index (χ1v) is 13.2. The summed E-state index contributed by atoms with van der Waals surface area (Å²) >= 11 is 0. The largest absolute Gasteiger partial charge is 0.368 e. The molecule has 4 rings (SSSR count). The fourth-order valence-electron chi connectivity index (χ4n) is 5.34. The number of likely N-dealkylation sites (N-methyl/N-ethyl adjacent to an activating group) is 1. The summed E-state index contributed by atoms with van der Waals surface area (Å²) in [5.74, 6) is 6.49. The van der Waals surface area contributed by atoms with Crippen molar-refractivity contribution >= 4 is 17.6 Å². The summed E-state index contributed by atoms with van der Waals surface area (Å²) in [6.07, 6.45) is 7.83. The van der Waals surface area contributed by atoms with E-state index in [-0.39, 0.29) is 12.5 Å². The minimum absolute atomic E-state index is 0.165. The Morgan fingerprint density at radius 1 is 1.18 bits per heavy atom. The molecule has 0 amide bonds. The number of hydrogen-bond acceptors (Lipinski definition) is 6. The molecule has 0 saturated heterocycles. The van der Waals surface area contributed by atoms with Gasteiger partial charge in [0, 0.05) is 51.4 Å². The highest BCUT2D eigenvalue weighted by Gasteiger charge is 2.27. The van der Waals surface area contributed by atoms with E-state index in [1.54, 1.807) is 13.1 Å². The zero-order valence-corrected chi connectivity index (χ0v) is 22.8. The van der Waals surface area contributed by atoms with Crippen LogP contribution in [0.1, 0.15) is 49.4 Å². The number of aliphatic imine (C=N–C) groups is 1. The smallest absolute Gasteiger partial charge is 0.216 e. The monoisotopic (exact) mass is 527 g/mol. The van der Waals surface area contributed by atoms with Crippen LogP contribution >= 0.6 is 0 Å². The molecule has 38 heavy (non-hydrogen) atoms. The van der Waals surface area contributed by atoms with Crippen molar-refractivity contribution in [1.29, 1.82) is 0 Å². The first kappa shape index (κ1) is 27.6. The molecule has 0 bridgehead atoms. The lowest BCUT2D eigenvalue weighted by Crippen LogP contribution is -2.44. The molecule has 1 fully saturated rings. The zero-order chi connectivity index (χ0) is 27.4. The number of hydrogen-bond donors (Lipinski definition) is 2. The molecule has 1 aromatic carbocycles. The first-order chi connectivity index (χ1) is 18.2. The second kappa shape index (κ2) is 11.9. The van der Waals surface area contributed by atoms with Crippen molar-refractivity contribution < 1.29 is 8.78 Å². The van der Waals surface area contributed by atoms with Crippen LogP contribution in [0.3, 0.4) is 0 Å². The zero-order valence-electron chi connectivity index (χ0n) is 22.8. The summed E-state index contributed by atoms with van der Waals surface area (Å²) < 4.78 is 29.5. The second-order valence-corrected chi connectivity index (χ2v) is 10.2. The number of halogens is 2. The van der Waals surface area contributed by atoms with E-state index < -0.39 is 11.6 Å². The van der Waals surface area contributed by atoms with Crippen molar-refractivity contribution in [2.45, 2.75) is 52.5 Å². The Morgan fingerprint density at radius 3 is 2.58 bits per heavy atom. The Bertz CT molecular complexity index is 1230. The van der Waals surface area contributed by atoms with Gasteiger partial charge in [0.15, 0.2) is 17.5 Å². The molecule has 0 unspecified atom stereocenters. The number of guanidine groups is 1. The minimum atomic E-state index is -0.906. The van der Waals surface area contributed by atoms with E-state index in [9.17, 15) is 8.78 Å². The van der Waals surface area contributed by atoms with Crippen LogP contribution in [0.25, 0.3) is 0 Å². The van der Waals surface area contributed by atoms with E-state index in [1.165, 1.54) is 31.7 Å². The molecule has 4 N–H and O–H groups in total. The molecule has 206 valence electrons. The van der Waals surface area contributed by atoms with Crippen LogP contribution in [0.15, 0.2) is 39.9 Å². The van der Waals surface area contributed by atoms with Gasteiger partial charge in [0.1, 0.15) is 5.84 Å².